The molecule has 0 saturated heterocycles. The summed E-state index contributed by atoms with van der Waals surface area (Å²) in [5, 5.41) is 0. The molecule has 6 nitrogen and oxygen atoms in total. The average molecular weight is 620 g/mol. The van der Waals surface area contributed by atoms with Crippen molar-refractivity contribution in [3.05, 3.63) is 0 Å². The van der Waals surface area contributed by atoms with Crippen molar-refractivity contribution in [2.45, 2.75) is 168 Å². The Hall–Kier alpha value is 1.24. The van der Waals surface area contributed by atoms with E-state index in [1.807, 2.05) is 0 Å². The summed E-state index contributed by atoms with van der Waals surface area (Å²) < 4.78 is 0. The molecule has 0 amide bonds. The maximum absolute atomic E-state index is 10.6. The third-order valence-electron chi connectivity index (χ3n) is 6.59. The van der Waals surface area contributed by atoms with E-state index >= 15 is 0 Å². The number of hydrogen-bond donors (Lipinski definition) is 2. The molecule has 0 saturated carbocycles. The van der Waals surface area contributed by atoms with Crippen LogP contribution in [0.2, 0.25) is 0 Å². The first-order valence-corrected chi connectivity index (χ1v) is 18.7. The molecule has 0 aromatic carbocycles. The van der Waals surface area contributed by atoms with Crippen LogP contribution < -0.4 is 19.6 Å². The minimum absolute atomic E-state index is 0. The molecular weight excluding hydrogens is 560 g/mol. The summed E-state index contributed by atoms with van der Waals surface area (Å²) in [5.41, 5.74) is 0. The number of rotatable bonds is 26. The molecule has 0 aromatic rings. The molecule has 0 aromatic heterocycles. The molecule has 0 rings (SSSR count). The molecule has 0 atom stereocenters. The van der Waals surface area contributed by atoms with Gasteiger partial charge in [0.05, 0.1) is 0 Å². The zero-order valence-electron chi connectivity index (χ0n) is 24.5. The van der Waals surface area contributed by atoms with Crippen LogP contribution in [0.5, 0.6) is 0 Å². The van der Waals surface area contributed by atoms with Gasteiger partial charge in [0.1, 0.15) is 6.16 Å². The van der Waals surface area contributed by atoms with Crippen LogP contribution in [0.15, 0.2) is 0 Å². The van der Waals surface area contributed by atoms with Gasteiger partial charge in [-0.1, -0.05) is 142 Å². The van der Waals surface area contributed by atoms with Gasteiger partial charge in [0.2, 0.25) is 7.94 Å². The fourth-order valence-corrected chi connectivity index (χ4v) is 5.55. The topological polar surface area (TPSA) is 133 Å². The summed E-state index contributed by atoms with van der Waals surface area (Å²) in [6, 6.07) is 0. The Morgan fingerprint density at radius 1 is 0.378 bits per heavy atom. The molecule has 0 bridgehead atoms. The van der Waals surface area contributed by atoms with Crippen molar-refractivity contribution < 1.29 is 48.8 Å². The molecule has 9 heteroatoms. The first-order chi connectivity index (χ1) is 17.1. The van der Waals surface area contributed by atoms with Crippen LogP contribution in [0.3, 0.4) is 0 Å². The summed E-state index contributed by atoms with van der Waals surface area (Å²) in [4.78, 5) is 59.1. The third-order valence-corrected chi connectivity index (χ3v) is 8.35. The molecule has 0 radical (unpaired) electrons. The molecule has 2 N–H and O–H groups in total. The Bertz CT molecular complexity index is 382. The second-order valence-electron chi connectivity index (χ2n) is 10.5. The molecule has 220 valence electrons. The van der Waals surface area contributed by atoms with Crippen molar-refractivity contribution in [2.75, 3.05) is 12.3 Å². The van der Waals surface area contributed by atoms with Gasteiger partial charge in [-0.3, -0.25) is 0 Å². The fraction of sp³-hybridized carbons (Fsp3) is 1.00. The molecule has 0 spiro atoms. The van der Waals surface area contributed by atoms with Crippen molar-refractivity contribution in [2.24, 2.45) is 0 Å². The van der Waals surface area contributed by atoms with E-state index in [-0.39, 0.29) is 31.8 Å². The molecule has 37 heavy (non-hydrogen) atoms. The van der Waals surface area contributed by atoms with E-state index in [9.17, 15) is 19.6 Å². The quantitative estimate of drug-likeness (QED) is 0.0661. The van der Waals surface area contributed by atoms with Crippen LogP contribution in [0, 0.1) is 0 Å². The summed E-state index contributed by atoms with van der Waals surface area (Å²) in [6.07, 6.45) is 29.0. The normalized spacial score (nSPS) is 11.7. The Balaban J connectivity index is -0.000000608. The molecule has 0 unspecified atom stereocenters. The predicted molar refractivity (Wildman–Crippen MR) is 150 cm³/mol. The van der Waals surface area contributed by atoms with E-state index in [0.717, 1.165) is 25.7 Å². The maximum Gasteiger partial charge on any atom is 2.00 e. The zero-order chi connectivity index (χ0) is 27.4. The molecule has 0 aliphatic heterocycles. The standard InChI is InChI=1S/2C14H31O3P.Zn/c2*1-2-3-4-5-6-7-8-9-10-11-12-13-14-18(15,16)17;/h2*2-14H2,1H3,(H2,15,16,17);/q;;+2/p-2. The zero-order valence-corrected chi connectivity index (χ0v) is 29.3. The molecule has 0 aliphatic carbocycles. The average Bonchev–Trinajstić information content (AvgIpc) is 2.79. The molecule has 0 heterocycles. The summed E-state index contributed by atoms with van der Waals surface area (Å²) in [6.45, 7) is 4.48. The Labute approximate surface area is 244 Å². The Morgan fingerprint density at radius 2 is 0.595 bits per heavy atom. The van der Waals surface area contributed by atoms with E-state index in [1.54, 1.807) is 0 Å². The van der Waals surface area contributed by atoms with Crippen LogP contribution in [-0.2, 0) is 19.5 Å². The van der Waals surface area contributed by atoms with E-state index in [1.165, 1.54) is 116 Å². The fourth-order valence-electron chi connectivity index (χ4n) is 4.31. The smallest absolute Gasteiger partial charge is 0.688 e. The predicted octanol–water partition coefficient (Wildman–Crippen LogP) is 6.32. The Kier molecular flexibility index (Phi) is 36.7. The van der Waals surface area contributed by atoms with E-state index < -0.39 is 15.9 Å². The summed E-state index contributed by atoms with van der Waals surface area (Å²) in [7, 11) is -7.99. The van der Waals surface area contributed by atoms with Gasteiger partial charge in [-0.2, -0.15) is 7.94 Å². The minimum atomic E-state index is -4.25. The third kappa shape index (κ3) is 47.4. The number of hydrogen-bond acceptors (Lipinski definition) is 6. The first kappa shape index (κ1) is 42.7. The van der Waals surface area contributed by atoms with Crippen molar-refractivity contribution in [1.82, 2.24) is 0 Å². The van der Waals surface area contributed by atoms with Gasteiger partial charge < -0.3 is 19.6 Å². The van der Waals surface area contributed by atoms with Crippen LogP contribution in [0.25, 0.3) is 0 Å². The van der Waals surface area contributed by atoms with Gasteiger partial charge in [-0.25, -0.2) is 9.79 Å². The molecule has 0 fully saturated rings. The van der Waals surface area contributed by atoms with Gasteiger partial charge in [0.25, 0.3) is 0 Å². The van der Waals surface area contributed by atoms with Crippen LogP contribution >= 0.6 is 15.9 Å². The SMILES string of the molecule is CCCCCCCCCCCCCC[P+]([O-])(O)O.CCCCCCCCCCCCCC[P+]([O-])([O-])[O-].[Zn+2]. The van der Waals surface area contributed by atoms with Crippen LogP contribution in [0.4, 0.5) is 0 Å². The monoisotopic (exact) mass is 618 g/mol. The number of unbranched alkanes of at least 4 members (excludes halogenated alkanes) is 22. The largest absolute Gasteiger partial charge is 2.00 e. The van der Waals surface area contributed by atoms with E-state index in [4.69, 9.17) is 9.79 Å². The van der Waals surface area contributed by atoms with Gasteiger partial charge in [-0.15, -0.1) is 0 Å². The van der Waals surface area contributed by atoms with Crippen molar-refractivity contribution >= 4 is 15.9 Å². The van der Waals surface area contributed by atoms with E-state index in [0.29, 0.717) is 12.8 Å². The van der Waals surface area contributed by atoms with E-state index in [2.05, 4.69) is 13.8 Å². The van der Waals surface area contributed by atoms with Crippen LogP contribution in [-0.4, -0.2) is 22.1 Å². The van der Waals surface area contributed by atoms with Crippen LogP contribution in [0.1, 0.15) is 168 Å². The second-order valence-corrected chi connectivity index (χ2v) is 13.9. The van der Waals surface area contributed by atoms with Gasteiger partial charge >= 0.3 is 19.5 Å². The van der Waals surface area contributed by atoms with Gasteiger partial charge in [0, 0.05) is 6.16 Å². The Morgan fingerprint density at radius 3 is 0.811 bits per heavy atom. The maximum atomic E-state index is 10.6. The van der Waals surface area contributed by atoms with Crippen molar-refractivity contribution in [3.63, 3.8) is 0 Å². The minimum Gasteiger partial charge on any atom is -0.688 e. The summed E-state index contributed by atoms with van der Waals surface area (Å²) >= 11 is 0. The van der Waals surface area contributed by atoms with Gasteiger partial charge in [-0.05, 0) is 25.7 Å². The van der Waals surface area contributed by atoms with Gasteiger partial charge in [0.15, 0.2) is 0 Å². The first-order valence-electron chi connectivity index (χ1n) is 15.2. The summed E-state index contributed by atoms with van der Waals surface area (Å²) in [5.74, 6) is 0. The van der Waals surface area contributed by atoms with Crippen molar-refractivity contribution in [1.29, 1.82) is 0 Å². The van der Waals surface area contributed by atoms with Crippen molar-refractivity contribution in [3.8, 4) is 0 Å². The molecule has 0 aliphatic rings. The molecular formula is C28H60O6P2Zn. The second kappa shape index (κ2) is 31.8.